The maximum atomic E-state index is 12.5. The average Bonchev–Trinajstić information content (AvgIpc) is 3.17. The summed E-state index contributed by atoms with van der Waals surface area (Å²) in [5.41, 5.74) is 2.57. The van der Waals surface area contributed by atoms with E-state index in [1.807, 2.05) is 48.5 Å². The number of hydrogen-bond acceptors (Lipinski definition) is 6. The molecule has 1 amide bonds. The van der Waals surface area contributed by atoms with Crippen molar-refractivity contribution in [2.24, 2.45) is 4.99 Å². The zero-order valence-electron chi connectivity index (χ0n) is 17.6. The van der Waals surface area contributed by atoms with Crippen LogP contribution in [0.3, 0.4) is 0 Å². The predicted octanol–water partition coefficient (Wildman–Crippen LogP) is 5.60. The second kappa shape index (κ2) is 10.4. The Morgan fingerprint density at radius 2 is 1.88 bits per heavy atom. The van der Waals surface area contributed by atoms with E-state index in [0.29, 0.717) is 38.7 Å². The first-order chi connectivity index (χ1) is 16.0. The number of amides is 1. The van der Waals surface area contributed by atoms with Gasteiger partial charge in [0.1, 0.15) is 12.4 Å². The zero-order chi connectivity index (χ0) is 23.2. The Labute approximate surface area is 200 Å². The molecule has 3 aromatic rings. The van der Waals surface area contributed by atoms with Gasteiger partial charge in [-0.05, 0) is 65.4 Å². The van der Waals surface area contributed by atoms with Gasteiger partial charge < -0.3 is 14.8 Å². The Bertz CT molecular complexity index is 1260. The summed E-state index contributed by atoms with van der Waals surface area (Å²) in [5, 5.41) is 3.80. The van der Waals surface area contributed by atoms with Gasteiger partial charge in [0.2, 0.25) is 0 Å². The number of esters is 1. The van der Waals surface area contributed by atoms with Gasteiger partial charge in [0.15, 0.2) is 5.17 Å². The lowest BCUT2D eigenvalue weighted by molar-refractivity contribution is -0.115. The van der Waals surface area contributed by atoms with Crippen molar-refractivity contribution in [3.05, 3.63) is 99.4 Å². The number of nitrogens with zero attached hydrogens (tertiary/aromatic N) is 1. The first-order valence-electron chi connectivity index (χ1n) is 9.96. The van der Waals surface area contributed by atoms with Gasteiger partial charge in [0.05, 0.1) is 23.3 Å². The highest BCUT2D eigenvalue weighted by molar-refractivity contribution is 8.18. The molecular weight excluding hydrogens is 460 g/mol. The van der Waals surface area contributed by atoms with Gasteiger partial charge in [0.25, 0.3) is 5.91 Å². The van der Waals surface area contributed by atoms with E-state index in [0.717, 1.165) is 11.1 Å². The Hall–Kier alpha value is -3.55. The summed E-state index contributed by atoms with van der Waals surface area (Å²) in [7, 11) is 1.31. The van der Waals surface area contributed by atoms with Gasteiger partial charge in [-0.15, -0.1) is 0 Å². The molecular formula is C25H19ClN2O4S. The largest absolute Gasteiger partial charge is 0.489 e. The third-order valence-corrected chi connectivity index (χ3v) is 5.82. The van der Waals surface area contributed by atoms with E-state index in [-0.39, 0.29) is 5.91 Å². The van der Waals surface area contributed by atoms with E-state index >= 15 is 0 Å². The smallest absolute Gasteiger partial charge is 0.340 e. The summed E-state index contributed by atoms with van der Waals surface area (Å²) in [6, 6.07) is 21.7. The van der Waals surface area contributed by atoms with Crippen LogP contribution >= 0.6 is 23.4 Å². The van der Waals surface area contributed by atoms with E-state index in [4.69, 9.17) is 21.1 Å². The minimum absolute atomic E-state index is 0.262. The van der Waals surface area contributed by atoms with Crippen LogP contribution in [0.5, 0.6) is 5.75 Å². The Morgan fingerprint density at radius 3 is 2.67 bits per heavy atom. The number of thioether (sulfide) groups is 1. The molecule has 33 heavy (non-hydrogen) atoms. The van der Waals surface area contributed by atoms with Crippen molar-refractivity contribution in [3.8, 4) is 5.75 Å². The summed E-state index contributed by atoms with van der Waals surface area (Å²) >= 11 is 7.11. The highest BCUT2D eigenvalue weighted by Gasteiger charge is 2.24. The molecule has 1 fully saturated rings. The standard InChI is InChI=1S/C25H19ClN2O4S/c1-31-24(30)20-7-2-3-8-21(20)27-25-28-23(29)22(33-25)14-17-5-4-6-19(13-17)32-15-16-9-11-18(26)12-10-16/h2-14H,15H2,1H3,(H,27,28,29)/b22-14-. The lowest BCUT2D eigenvalue weighted by atomic mass is 10.2. The normalized spacial score (nSPS) is 15.5. The van der Waals surface area contributed by atoms with Crippen molar-refractivity contribution in [3.63, 3.8) is 0 Å². The monoisotopic (exact) mass is 478 g/mol. The second-order valence-corrected chi connectivity index (χ2v) is 8.45. The third kappa shape index (κ3) is 5.83. The van der Waals surface area contributed by atoms with Crippen molar-refractivity contribution >= 4 is 52.2 Å². The van der Waals surface area contributed by atoms with Crippen molar-refractivity contribution in [2.45, 2.75) is 6.61 Å². The molecule has 0 radical (unpaired) electrons. The minimum Gasteiger partial charge on any atom is -0.489 e. The Morgan fingerprint density at radius 1 is 1.09 bits per heavy atom. The molecule has 0 aliphatic carbocycles. The van der Waals surface area contributed by atoms with Crippen molar-refractivity contribution in [1.29, 1.82) is 0 Å². The molecule has 166 valence electrons. The van der Waals surface area contributed by atoms with E-state index in [1.54, 1.807) is 30.3 Å². The fraction of sp³-hybridized carbons (Fsp3) is 0.0800. The Kier molecular flexibility index (Phi) is 7.12. The number of carbonyl (C=O) groups excluding carboxylic acids is 2. The van der Waals surface area contributed by atoms with E-state index in [9.17, 15) is 9.59 Å². The predicted molar refractivity (Wildman–Crippen MR) is 131 cm³/mol. The molecule has 6 nitrogen and oxygen atoms in total. The van der Waals surface area contributed by atoms with E-state index in [1.165, 1.54) is 18.9 Å². The van der Waals surface area contributed by atoms with Gasteiger partial charge in [-0.1, -0.05) is 48.0 Å². The number of ether oxygens (including phenoxy) is 2. The summed E-state index contributed by atoms with van der Waals surface area (Å²) in [4.78, 5) is 29.3. The fourth-order valence-corrected chi connectivity index (χ4v) is 4.00. The first kappa shape index (κ1) is 22.6. The van der Waals surface area contributed by atoms with Crippen LogP contribution in [0.4, 0.5) is 5.69 Å². The van der Waals surface area contributed by atoms with Crippen LogP contribution in [0.25, 0.3) is 6.08 Å². The summed E-state index contributed by atoms with van der Waals surface area (Å²) in [6.45, 7) is 0.406. The molecule has 0 bridgehead atoms. The lowest BCUT2D eigenvalue weighted by Gasteiger charge is -2.07. The quantitative estimate of drug-likeness (QED) is 0.368. The number of para-hydroxylation sites is 1. The molecule has 1 heterocycles. The SMILES string of the molecule is COC(=O)c1ccccc1N=C1NC(=O)/C(=C/c2cccc(OCc3ccc(Cl)cc3)c2)S1. The van der Waals surface area contributed by atoms with Gasteiger partial charge in [-0.2, -0.15) is 0 Å². The summed E-state index contributed by atoms with van der Waals surface area (Å²) in [5.74, 6) is -0.0687. The number of aliphatic imine (C=N–C) groups is 1. The summed E-state index contributed by atoms with van der Waals surface area (Å²) in [6.07, 6.45) is 1.77. The molecule has 0 saturated carbocycles. The van der Waals surface area contributed by atoms with Crippen molar-refractivity contribution in [1.82, 2.24) is 5.32 Å². The molecule has 1 aliphatic rings. The molecule has 4 rings (SSSR count). The van der Waals surface area contributed by atoms with Crippen LogP contribution < -0.4 is 10.1 Å². The molecule has 0 spiro atoms. The van der Waals surface area contributed by atoms with Gasteiger partial charge in [-0.3, -0.25) is 4.79 Å². The number of benzene rings is 3. The minimum atomic E-state index is -0.490. The number of hydrogen-bond donors (Lipinski definition) is 1. The number of methoxy groups -OCH3 is 1. The second-order valence-electron chi connectivity index (χ2n) is 6.98. The molecule has 3 aromatic carbocycles. The summed E-state index contributed by atoms with van der Waals surface area (Å²) < 4.78 is 10.7. The maximum Gasteiger partial charge on any atom is 0.340 e. The third-order valence-electron chi connectivity index (χ3n) is 4.66. The van der Waals surface area contributed by atoms with Crippen molar-refractivity contribution in [2.75, 3.05) is 7.11 Å². The number of amidine groups is 1. The van der Waals surface area contributed by atoms with E-state index < -0.39 is 5.97 Å². The number of carbonyl (C=O) groups is 2. The highest BCUT2D eigenvalue weighted by atomic mass is 35.5. The average molecular weight is 479 g/mol. The molecule has 0 aromatic heterocycles. The van der Waals surface area contributed by atoms with Crippen LogP contribution in [0.2, 0.25) is 5.02 Å². The van der Waals surface area contributed by atoms with Gasteiger partial charge in [0, 0.05) is 5.02 Å². The molecule has 0 atom stereocenters. The number of nitrogens with one attached hydrogen (secondary N) is 1. The molecule has 8 heteroatoms. The molecule has 0 unspecified atom stereocenters. The van der Waals surface area contributed by atoms with Crippen LogP contribution in [-0.4, -0.2) is 24.2 Å². The fourth-order valence-electron chi connectivity index (χ4n) is 3.04. The lowest BCUT2D eigenvalue weighted by Crippen LogP contribution is -2.19. The highest BCUT2D eigenvalue weighted by Crippen LogP contribution is 2.30. The van der Waals surface area contributed by atoms with E-state index in [2.05, 4.69) is 10.3 Å². The molecule has 1 N–H and O–H groups in total. The maximum absolute atomic E-state index is 12.5. The molecule has 1 saturated heterocycles. The Balaban J connectivity index is 1.48. The van der Waals surface area contributed by atoms with Gasteiger partial charge in [-0.25, -0.2) is 9.79 Å². The van der Waals surface area contributed by atoms with Crippen LogP contribution in [0.15, 0.2) is 82.7 Å². The number of halogens is 1. The van der Waals surface area contributed by atoms with Crippen LogP contribution in [0.1, 0.15) is 21.5 Å². The molecule has 1 aliphatic heterocycles. The number of rotatable bonds is 6. The van der Waals surface area contributed by atoms with Crippen molar-refractivity contribution < 1.29 is 19.1 Å². The van der Waals surface area contributed by atoms with Crippen LogP contribution in [0, 0.1) is 0 Å². The zero-order valence-corrected chi connectivity index (χ0v) is 19.2. The topological polar surface area (TPSA) is 77.0 Å². The first-order valence-corrected chi connectivity index (χ1v) is 11.2. The van der Waals surface area contributed by atoms with Gasteiger partial charge >= 0.3 is 5.97 Å². The van der Waals surface area contributed by atoms with Crippen LogP contribution in [-0.2, 0) is 16.1 Å².